The smallest absolute Gasteiger partial charge is 0.241 e. The quantitative estimate of drug-likeness (QED) is 0.856. The minimum absolute atomic E-state index is 0.0268. The van der Waals surface area contributed by atoms with Crippen molar-refractivity contribution in [1.29, 1.82) is 0 Å². The summed E-state index contributed by atoms with van der Waals surface area (Å²) in [7, 11) is -1.62. The molecule has 6 heteroatoms. The van der Waals surface area contributed by atoms with Crippen LogP contribution in [0.5, 0.6) is 0 Å². The zero-order chi connectivity index (χ0) is 14.6. The van der Waals surface area contributed by atoms with Crippen molar-refractivity contribution in [2.45, 2.75) is 37.2 Å². The fourth-order valence-electron chi connectivity index (χ4n) is 2.35. The van der Waals surface area contributed by atoms with E-state index >= 15 is 0 Å². The normalized spacial score (nSPS) is 17.3. The molecule has 2 rings (SSSR count). The van der Waals surface area contributed by atoms with E-state index in [0.717, 1.165) is 24.0 Å². The Balaban J connectivity index is 2.21. The maximum absolute atomic E-state index is 12.5. The van der Waals surface area contributed by atoms with E-state index in [1.807, 2.05) is 26.1 Å². The lowest BCUT2D eigenvalue weighted by Gasteiger charge is -2.23. The first-order valence-corrected chi connectivity index (χ1v) is 8.35. The van der Waals surface area contributed by atoms with Gasteiger partial charge >= 0.3 is 0 Å². The second-order valence-corrected chi connectivity index (χ2v) is 6.82. The molecule has 1 heterocycles. The Morgan fingerprint density at radius 2 is 2.00 bits per heavy atom. The fourth-order valence-corrected chi connectivity index (χ4v) is 3.95. The number of hydrogen-bond donors (Lipinski definition) is 2. The zero-order valence-corrected chi connectivity index (χ0v) is 12.8. The molecule has 0 bridgehead atoms. The topological polar surface area (TPSA) is 67.4 Å². The minimum atomic E-state index is -3.46. The van der Waals surface area contributed by atoms with E-state index in [1.165, 1.54) is 0 Å². The molecule has 0 aliphatic carbocycles. The molecule has 1 saturated heterocycles. The van der Waals surface area contributed by atoms with Crippen molar-refractivity contribution in [3.63, 3.8) is 0 Å². The van der Waals surface area contributed by atoms with Crippen molar-refractivity contribution in [3.05, 3.63) is 29.3 Å². The van der Waals surface area contributed by atoms with Crippen LogP contribution in [0.15, 0.2) is 23.1 Å². The van der Waals surface area contributed by atoms with Crippen LogP contribution in [0.1, 0.15) is 24.0 Å². The van der Waals surface area contributed by atoms with Crippen LogP contribution in [0.25, 0.3) is 0 Å². The van der Waals surface area contributed by atoms with E-state index in [-0.39, 0.29) is 6.04 Å². The summed E-state index contributed by atoms with van der Waals surface area (Å²) in [6.07, 6.45) is 1.46. The molecule has 0 aromatic heterocycles. The molecule has 1 aromatic carbocycles. The van der Waals surface area contributed by atoms with Gasteiger partial charge in [-0.05, 0) is 44.0 Å². The molecule has 0 saturated carbocycles. The molecule has 112 valence electrons. The Morgan fingerprint density at radius 1 is 1.30 bits per heavy atom. The highest BCUT2D eigenvalue weighted by Gasteiger charge is 2.23. The van der Waals surface area contributed by atoms with Gasteiger partial charge in [-0.2, -0.15) is 0 Å². The van der Waals surface area contributed by atoms with Crippen LogP contribution in [-0.4, -0.2) is 34.7 Å². The van der Waals surface area contributed by atoms with Gasteiger partial charge in [-0.1, -0.05) is 12.1 Å². The van der Waals surface area contributed by atoms with Gasteiger partial charge in [0.05, 0.1) is 4.90 Å². The van der Waals surface area contributed by atoms with Crippen LogP contribution in [0, 0.1) is 6.92 Å². The maximum Gasteiger partial charge on any atom is 0.241 e. The standard InChI is InChI=1S/C14H22N2O3S/c1-11-3-4-12(10-15-2)9-14(11)20(17,18)16-13-5-7-19-8-6-13/h3-4,9,13,15-16H,5-8,10H2,1-2H3. The third kappa shape index (κ3) is 3.79. The molecule has 0 atom stereocenters. The summed E-state index contributed by atoms with van der Waals surface area (Å²) in [6, 6.07) is 5.51. The monoisotopic (exact) mass is 298 g/mol. The van der Waals surface area contributed by atoms with Crippen LogP contribution in [0.3, 0.4) is 0 Å². The predicted molar refractivity (Wildman–Crippen MR) is 78.1 cm³/mol. The molecule has 0 amide bonds. The Bertz CT molecular complexity index is 552. The van der Waals surface area contributed by atoms with Crippen molar-refractivity contribution >= 4 is 10.0 Å². The number of aryl methyl sites for hydroxylation is 1. The minimum Gasteiger partial charge on any atom is -0.381 e. The Hall–Kier alpha value is -0.950. The highest BCUT2D eigenvalue weighted by Crippen LogP contribution is 2.19. The van der Waals surface area contributed by atoms with Crippen molar-refractivity contribution in [1.82, 2.24) is 10.0 Å². The van der Waals surface area contributed by atoms with Gasteiger partial charge in [0.1, 0.15) is 0 Å². The fraction of sp³-hybridized carbons (Fsp3) is 0.571. The Kier molecular flexibility index (Phi) is 5.15. The lowest BCUT2D eigenvalue weighted by Crippen LogP contribution is -2.39. The molecule has 1 aliphatic rings. The van der Waals surface area contributed by atoms with Crippen LogP contribution in [0.4, 0.5) is 0 Å². The molecular weight excluding hydrogens is 276 g/mol. The van der Waals surface area contributed by atoms with Crippen molar-refractivity contribution in [3.8, 4) is 0 Å². The van der Waals surface area contributed by atoms with Gasteiger partial charge in [-0.25, -0.2) is 13.1 Å². The maximum atomic E-state index is 12.5. The van der Waals surface area contributed by atoms with Gasteiger partial charge in [0.25, 0.3) is 0 Å². The summed E-state index contributed by atoms with van der Waals surface area (Å²) in [6.45, 7) is 3.71. The largest absolute Gasteiger partial charge is 0.381 e. The number of nitrogens with one attached hydrogen (secondary N) is 2. The first kappa shape index (κ1) is 15.4. The molecule has 20 heavy (non-hydrogen) atoms. The molecule has 5 nitrogen and oxygen atoms in total. The highest BCUT2D eigenvalue weighted by atomic mass is 32.2. The summed E-state index contributed by atoms with van der Waals surface area (Å²) >= 11 is 0. The summed E-state index contributed by atoms with van der Waals surface area (Å²) in [4.78, 5) is 0.372. The number of sulfonamides is 1. The molecule has 1 aromatic rings. The van der Waals surface area contributed by atoms with E-state index in [0.29, 0.717) is 24.7 Å². The summed E-state index contributed by atoms with van der Waals surface area (Å²) in [5, 5.41) is 3.03. The number of hydrogen-bond acceptors (Lipinski definition) is 4. The molecule has 1 aliphatic heterocycles. The second kappa shape index (κ2) is 6.67. The summed E-state index contributed by atoms with van der Waals surface area (Å²) in [5.41, 5.74) is 1.73. The molecular formula is C14H22N2O3S. The van der Waals surface area contributed by atoms with Gasteiger partial charge in [-0.15, -0.1) is 0 Å². The van der Waals surface area contributed by atoms with Crippen LogP contribution in [0.2, 0.25) is 0 Å². The lowest BCUT2D eigenvalue weighted by atomic mass is 10.1. The first-order chi connectivity index (χ1) is 9.53. The summed E-state index contributed by atoms with van der Waals surface area (Å²) in [5.74, 6) is 0. The Labute approximate surface area is 120 Å². The highest BCUT2D eigenvalue weighted by molar-refractivity contribution is 7.89. The molecule has 0 radical (unpaired) electrons. The first-order valence-electron chi connectivity index (χ1n) is 6.87. The van der Waals surface area contributed by atoms with E-state index in [9.17, 15) is 8.42 Å². The van der Waals surface area contributed by atoms with Crippen LogP contribution >= 0.6 is 0 Å². The lowest BCUT2D eigenvalue weighted by molar-refractivity contribution is 0.0832. The molecule has 2 N–H and O–H groups in total. The number of benzene rings is 1. The van der Waals surface area contributed by atoms with Gasteiger partial charge in [0, 0.05) is 25.8 Å². The Morgan fingerprint density at radius 3 is 2.65 bits per heavy atom. The average Bonchev–Trinajstić information content (AvgIpc) is 2.42. The van der Waals surface area contributed by atoms with E-state index in [2.05, 4.69) is 10.0 Å². The zero-order valence-electron chi connectivity index (χ0n) is 12.0. The molecule has 0 spiro atoms. The van der Waals surface area contributed by atoms with Crippen molar-refractivity contribution in [2.24, 2.45) is 0 Å². The number of ether oxygens (including phenoxy) is 1. The number of rotatable bonds is 5. The van der Waals surface area contributed by atoms with Gasteiger partial charge in [0.2, 0.25) is 10.0 Å². The second-order valence-electron chi connectivity index (χ2n) is 5.14. The average molecular weight is 298 g/mol. The third-order valence-electron chi connectivity index (χ3n) is 3.47. The van der Waals surface area contributed by atoms with E-state index in [1.54, 1.807) is 6.07 Å². The summed E-state index contributed by atoms with van der Waals surface area (Å²) < 4.78 is 33.1. The SMILES string of the molecule is CNCc1ccc(C)c(S(=O)(=O)NC2CCOCC2)c1. The van der Waals surface area contributed by atoms with Crippen LogP contribution < -0.4 is 10.0 Å². The van der Waals surface area contributed by atoms with Gasteiger partial charge in [0.15, 0.2) is 0 Å². The van der Waals surface area contributed by atoms with Crippen molar-refractivity contribution < 1.29 is 13.2 Å². The predicted octanol–water partition coefficient (Wildman–Crippen LogP) is 1.17. The van der Waals surface area contributed by atoms with Gasteiger partial charge in [-0.3, -0.25) is 0 Å². The third-order valence-corrected chi connectivity index (χ3v) is 5.13. The molecule has 0 unspecified atom stereocenters. The molecule has 1 fully saturated rings. The van der Waals surface area contributed by atoms with E-state index < -0.39 is 10.0 Å². The van der Waals surface area contributed by atoms with Crippen LogP contribution in [-0.2, 0) is 21.3 Å². The van der Waals surface area contributed by atoms with Crippen molar-refractivity contribution in [2.75, 3.05) is 20.3 Å². The van der Waals surface area contributed by atoms with Gasteiger partial charge < -0.3 is 10.1 Å². The van der Waals surface area contributed by atoms with E-state index in [4.69, 9.17) is 4.74 Å².